The highest BCUT2D eigenvalue weighted by Gasteiger charge is 2.30. The molecule has 0 radical (unpaired) electrons. The molecule has 19 heavy (non-hydrogen) atoms. The Morgan fingerprint density at radius 2 is 2.21 bits per heavy atom. The zero-order valence-electron chi connectivity index (χ0n) is 10.9. The largest absolute Gasteiger partial charge is 0.494 e. The molecule has 2 rings (SSSR count). The van der Waals surface area contributed by atoms with E-state index in [4.69, 9.17) is 4.74 Å². The Balaban J connectivity index is 2.30. The van der Waals surface area contributed by atoms with E-state index in [0.29, 0.717) is 6.54 Å². The van der Waals surface area contributed by atoms with Gasteiger partial charge in [-0.2, -0.15) is 4.31 Å². The number of hydrogen-bond acceptors (Lipinski definition) is 4. The van der Waals surface area contributed by atoms with Crippen molar-refractivity contribution in [1.82, 2.24) is 9.62 Å². The van der Waals surface area contributed by atoms with Crippen LogP contribution in [0.4, 0.5) is 4.39 Å². The van der Waals surface area contributed by atoms with Crippen LogP contribution in [0.5, 0.6) is 5.75 Å². The van der Waals surface area contributed by atoms with Crippen molar-refractivity contribution in [2.45, 2.75) is 17.4 Å². The first-order valence-corrected chi connectivity index (χ1v) is 7.43. The molecule has 5 nitrogen and oxygen atoms in total. The van der Waals surface area contributed by atoms with Crippen molar-refractivity contribution in [2.75, 3.05) is 27.2 Å². The molecule has 1 saturated heterocycles. The van der Waals surface area contributed by atoms with Crippen molar-refractivity contribution in [3.63, 3.8) is 0 Å². The number of likely N-dealkylation sites (N-methyl/N-ethyl adjacent to an activating group) is 1. The number of hydrogen-bond donors (Lipinski definition) is 1. The fourth-order valence-electron chi connectivity index (χ4n) is 2.12. The van der Waals surface area contributed by atoms with Crippen LogP contribution in [0.3, 0.4) is 0 Å². The van der Waals surface area contributed by atoms with Gasteiger partial charge < -0.3 is 10.1 Å². The third-order valence-corrected chi connectivity index (χ3v) is 5.25. The molecule has 1 aliphatic rings. The van der Waals surface area contributed by atoms with Gasteiger partial charge in [-0.15, -0.1) is 0 Å². The zero-order valence-corrected chi connectivity index (χ0v) is 11.7. The van der Waals surface area contributed by atoms with Crippen LogP contribution in [0.1, 0.15) is 6.42 Å². The van der Waals surface area contributed by atoms with Crippen molar-refractivity contribution in [1.29, 1.82) is 0 Å². The summed E-state index contributed by atoms with van der Waals surface area (Å²) in [7, 11) is -0.813. The van der Waals surface area contributed by atoms with Gasteiger partial charge in [-0.25, -0.2) is 12.8 Å². The molecule has 106 valence electrons. The van der Waals surface area contributed by atoms with Crippen LogP contribution in [0.25, 0.3) is 0 Å². The Labute approximate surface area is 112 Å². The third kappa shape index (κ3) is 2.72. The van der Waals surface area contributed by atoms with Gasteiger partial charge in [0.1, 0.15) is 0 Å². The van der Waals surface area contributed by atoms with Gasteiger partial charge in [0.2, 0.25) is 10.0 Å². The van der Waals surface area contributed by atoms with E-state index in [2.05, 4.69) is 5.32 Å². The zero-order chi connectivity index (χ0) is 14.0. The first-order valence-electron chi connectivity index (χ1n) is 5.99. The van der Waals surface area contributed by atoms with Crippen molar-refractivity contribution < 1.29 is 17.5 Å². The average molecular weight is 288 g/mol. The lowest BCUT2D eigenvalue weighted by Crippen LogP contribution is -2.38. The van der Waals surface area contributed by atoms with E-state index in [1.807, 2.05) is 0 Å². The number of nitrogens with zero attached hydrogens (tertiary/aromatic N) is 1. The Bertz CT molecular complexity index is 556. The van der Waals surface area contributed by atoms with Gasteiger partial charge in [0.25, 0.3) is 0 Å². The third-order valence-electron chi connectivity index (χ3n) is 3.35. The van der Waals surface area contributed by atoms with E-state index in [0.717, 1.165) is 19.0 Å². The molecule has 1 N–H and O–H groups in total. The molecule has 1 aliphatic heterocycles. The summed E-state index contributed by atoms with van der Waals surface area (Å²) in [5.41, 5.74) is 0. The van der Waals surface area contributed by atoms with Gasteiger partial charge in [-0.1, -0.05) is 0 Å². The molecule has 1 aromatic rings. The first-order chi connectivity index (χ1) is 8.96. The minimum absolute atomic E-state index is 0.0316. The molecule has 7 heteroatoms. The lowest BCUT2D eigenvalue weighted by atomic mass is 10.3. The second-order valence-corrected chi connectivity index (χ2v) is 6.46. The maximum atomic E-state index is 13.6. The van der Waals surface area contributed by atoms with Gasteiger partial charge in [0.05, 0.1) is 12.0 Å². The summed E-state index contributed by atoms with van der Waals surface area (Å²) in [5, 5.41) is 3.11. The standard InChI is InChI=1S/C12H17FN2O3S/c1-15(9-5-6-14-8-9)19(16,17)10-3-4-12(18-2)11(13)7-10/h3-4,7,9,14H,5-6,8H2,1-2H3/t9-/m0/s1. The van der Waals surface area contributed by atoms with Crippen LogP contribution >= 0.6 is 0 Å². The Hall–Kier alpha value is -1.18. The topological polar surface area (TPSA) is 58.6 Å². The highest BCUT2D eigenvalue weighted by atomic mass is 32.2. The Morgan fingerprint density at radius 3 is 2.74 bits per heavy atom. The number of nitrogens with one attached hydrogen (secondary N) is 1. The summed E-state index contributed by atoms with van der Waals surface area (Å²) in [6, 6.07) is 3.58. The summed E-state index contributed by atoms with van der Waals surface area (Å²) in [6.45, 7) is 1.41. The molecular weight excluding hydrogens is 271 g/mol. The lowest BCUT2D eigenvalue weighted by molar-refractivity contribution is 0.381. The number of sulfonamides is 1. The molecule has 0 amide bonds. The van der Waals surface area contributed by atoms with Crippen LogP contribution in [-0.2, 0) is 10.0 Å². The monoisotopic (exact) mass is 288 g/mol. The predicted molar refractivity (Wildman–Crippen MR) is 69.2 cm³/mol. The normalized spacial score (nSPS) is 19.9. The second-order valence-electron chi connectivity index (χ2n) is 4.46. The molecule has 1 fully saturated rings. The molecule has 0 spiro atoms. The summed E-state index contributed by atoms with van der Waals surface area (Å²) < 4.78 is 44.4. The highest BCUT2D eigenvalue weighted by Crippen LogP contribution is 2.24. The van der Waals surface area contributed by atoms with Gasteiger partial charge in [-0.3, -0.25) is 0 Å². The van der Waals surface area contributed by atoms with E-state index in [1.165, 1.54) is 30.6 Å². The van der Waals surface area contributed by atoms with Crippen molar-refractivity contribution in [2.24, 2.45) is 0 Å². The summed E-state index contributed by atoms with van der Waals surface area (Å²) in [5.74, 6) is -0.648. The molecule has 1 atom stereocenters. The van der Waals surface area contributed by atoms with Crippen LogP contribution in [0.15, 0.2) is 23.1 Å². The summed E-state index contributed by atoms with van der Waals surface area (Å²) in [6.07, 6.45) is 0.758. The first kappa shape index (κ1) is 14.2. The second kappa shape index (κ2) is 5.44. The highest BCUT2D eigenvalue weighted by molar-refractivity contribution is 7.89. The fourth-order valence-corrected chi connectivity index (χ4v) is 3.52. The SMILES string of the molecule is COc1ccc(S(=O)(=O)N(C)[C@H]2CCNC2)cc1F. The summed E-state index contributed by atoms with van der Waals surface area (Å²) in [4.78, 5) is -0.0554. The molecule has 1 heterocycles. The van der Waals surface area contributed by atoms with Crippen LogP contribution in [0, 0.1) is 5.82 Å². The molecule has 1 aromatic carbocycles. The Kier molecular flexibility index (Phi) is 4.07. The van der Waals surface area contributed by atoms with Gasteiger partial charge in [-0.05, 0) is 31.2 Å². The van der Waals surface area contributed by atoms with Crippen LogP contribution < -0.4 is 10.1 Å². The molecule has 0 bridgehead atoms. The van der Waals surface area contributed by atoms with E-state index < -0.39 is 15.8 Å². The number of benzene rings is 1. The maximum absolute atomic E-state index is 13.6. The Morgan fingerprint density at radius 1 is 1.47 bits per heavy atom. The number of methoxy groups -OCH3 is 1. The molecule has 0 aromatic heterocycles. The molecule has 0 unspecified atom stereocenters. The predicted octanol–water partition coefficient (Wildman–Crippen LogP) is 0.817. The van der Waals surface area contributed by atoms with Crippen LogP contribution in [0.2, 0.25) is 0 Å². The molecular formula is C12H17FN2O3S. The minimum Gasteiger partial charge on any atom is -0.494 e. The fraction of sp³-hybridized carbons (Fsp3) is 0.500. The van der Waals surface area contributed by atoms with E-state index in [-0.39, 0.29) is 16.7 Å². The number of halogens is 1. The number of rotatable bonds is 4. The maximum Gasteiger partial charge on any atom is 0.243 e. The van der Waals surface area contributed by atoms with Crippen molar-refractivity contribution >= 4 is 10.0 Å². The minimum atomic E-state index is -3.67. The quantitative estimate of drug-likeness (QED) is 0.891. The van der Waals surface area contributed by atoms with Crippen molar-refractivity contribution in [3.8, 4) is 5.75 Å². The van der Waals surface area contributed by atoms with E-state index in [1.54, 1.807) is 0 Å². The molecule has 0 saturated carbocycles. The van der Waals surface area contributed by atoms with E-state index >= 15 is 0 Å². The smallest absolute Gasteiger partial charge is 0.243 e. The molecule has 0 aliphatic carbocycles. The average Bonchev–Trinajstić information content (AvgIpc) is 2.91. The van der Waals surface area contributed by atoms with Gasteiger partial charge in [0.15, 0.2) is 11.6 Å². The lowest BCUT2D eigenvalue weighted by Gasteiger charge is -2.23. The van der Waals surface area contributed by atoms with E-state index in [9.17, 15) is 12.8 Å². The number of ether oxygens (including phenoxy) is 1. The van der Waals surface area contributed by atoms with Gasteiger partial charge in [0, 0.05) is 19.6 Å². The summed E-state index contributed by atoms with van der Waals surface area (Å²) >= 11 is 0. The van der Waals surface area contributed by atoms with Crippen LogP contribution in [-0.4, -0.2) is 46.0 Å². The van der Waals surface area contributed by atoms with Gasteiger partial charge >= 0.3 is 0 Å². The van der Waals surface area contributed by atoms with Crippen molar-refractivity contribution in [3.05, 3.63) is 24.0 Å².